The number of nitrogens with one attached hydrogen (secondary N) is 1. The number of benzene rings is 4. The van der Waals surface area contributed by atoms with Gasteiger partial charge in [0.15, 0.2) is 0 Å². The highest BCUT2D eigenvalue weighted by atomic mass is 35.5. The number of nitrogens with zero attached hydrogens (tertiary/aromatic N) is 3. The number of likely N-dealkylation sites (N-methyl/N-ethyl adjacent to an activating group) is 1. The molecule has 4 aromatic carbocycles. The van der Waals surface area contributed by atoms with Crippen LogP contribution in [-0.4, -0.2) is 66.0 Å². The van der Waals surface area contributed by atoms with Crippen LogP contribution in [0.2, 0.25) is 10.0 Å². The number of methoxy groups -OCH3 is 1. The van der Waals surface area contributed by atoms with Gasteiger partial charge in [-0.15, -0.1) is 0 Å². The van der Waals surface area contributed by atoms with Gasteiger partial charge in [0.2, 0.25) is 5.91 Å². The van der Waals surface area contributed by atoms with E-state index in [2.05, 4.69) is 77.4 Å². The zero-order valence-corrected chi connectivity index (χ0v) is 39.2. The molecule has 1 amide bonds. The first-order chi connectivity index (χ1) is 31.0. The molecule has 9 nitrogen and oxygen atoms in total. The quantitative estimate of drug-likeness (QED) is 0.117. The third-order valence-electron chi connectivity index (χ3n) is 13.5. The highest BCUT2D eigenvalue weighted by Crippen LogP contribution is 2.38. The first kappa shape index (κ1) is 45.6. The van der Waals surface area contributed by atoms with Crippen molar-refractivity contribution in [3.63, 3.8) is 0 Å². The number of hydrogen-bond donors (Lipinski definition) is 1. The number of aromatic nitrogens is 1. The van der Waals surface area contributed by atoms with Crippen LogP contribution < -0.4 is 14.8 Å². The third-order valence-corrected chi connectivity index (χ3v) is 14.2. The van der Waals surface area contributed by atoms with Gasteiger partial charge in [-0.2, -0.15) is 0 Å². The van der Waals surface area contributed by atoms with E-state index >= 15 is 0 Å². The Morgan fingerprint density at radius 2 is 1.66 bits per heavy atom. The summed E-state index contributed by atoms with van der Waals surface area (Å²) < 4.78 is 18.6. The molecule has 0 spiro atoms. The van der Waals surface area contributed by atoms with E-state index in [9.17, 15) is 9.59 Å². The summed E-state index contributed by atoms with van der Waals surface area (Å²) in [4.78, 5) is 36.9. The third kappa shape index (κ3) is 10.6. The molecular weight excluding hydrogens is 844 g/mol. The smallest absolute Gasteiger partial charge is 0.328 e. The second-order valence-electron chi connectivity index (χ2n) is 18.0. The molecule has 64 heavy (non-hydrogen) atoms. The molecule has 336 valence electrons. The normalized spacial score (nSPS) is 19.0. The Bertz CT molecular complexity index is 2440. The number of halogens is 2. The SMILES string of the molecule is CC[C@@H](Oc1ccc([C@H]2CN(C)Cc3cc4c(cc3O2)CN(CC2CCCCC2)[C@H](C(=O)N[C@@H](Cc2ccc(-c3ccnc(C)c3C)cc2)C(=O)OC)C4)cc1)c1ccc(Cl)c(Cl)c1. The van der Waals surface area contributed by atoms with E-state index in [0.29, 0.717) is 48.4 Å². The fourth-order valence-electron chi connectivity index (χ4n) is 9.75. The Morgan fingerprint density at radius 3 is 2.38 bits per heavy atom. The maximum atomic E-state index is 14.6. The number of hydrogen-bond acceptors (Lipinski definition) is 8. The van der Waals surface area contributed by atoms with Crippen molar-refractivity contribution in [1.29, 1.82) is 0 Å². The summed E-state index contributed by atoms with van der Waals surface area (Å²) >= 11 is 12.5. The van der Waals surface area contributed by atoms with Crippen molar-refractivity contribution in [2.75, 3.05) is 27.2 Å². The molecule has 1 N–H and O–H groups in total. The summed E-state index contributed by atoms with van der Waals surface area (Å²) in [5.74, 6) is 1.57. The van der Waals surface area contributed by atoms with Crippen molar-refractivity contribution in [2.45, 2.75) is 110 Å². The van der Waals surface area contributed by atoms with E-state index in [1.807, 2.05) is 61.7 Å². The molecule has 1 aliphatic carbocycles. The molecule has 0 unspecified atom stereocenters. The molecule has 11 heteroatoms. The number of ether oxygens (including phenoxy) is 3. The van der Waals surface area contributed by atoms with Crippen molar-refractivity contribution < 1.29 is 23.8 Å². The predicted octanol–water partition coefficient (Wildman–Crippen LogP) is 11.0. The molecule has 3 aliphatic rings. The second kappa shape index (κ2) is 20.5. The van der Waals surface area contributed by atoms with Crippen LogP contribution in [0.4, 0.5) is 0 Å². The molecule has 0 radical (unpaired) electrons. The van der Waals surface area contributed by atoms with E-state index in [-0.39, 0.29) is 18.1 Å². The maximum absolute atomic E-state index is 14.6. The lowest BCUT2D eigenvalue weighted by Gasteiger charge is -2.39. The topological polar surface area (TPSA) is 93.2 Å². The summed E-state index contributed by atoms with van der Waals surface area (Å²) in [7, 11) is 3.50. The van der Waals surface area contributed by atoms with Crippen LogP contribution in [0.5, 0.6) is 11.5 Å². The van der Waals surface area contributed by atoms with E-state index in [4.69, 9.17) is 37.4 Å². The Balaban J connectivity index is 0.997. The Hall–Kier alpha value is -4.93. The number of carbonyl (C=O) groups excluding carboxylic acids is 2. The van der Waals surface area contributed by atoms with E-state index in [0.717, 1.165) is 87.5 Å². The van der Waals surface area contributed by atoms with Gasteiger partial charge in [0.1, 0.15) is 29.7 Å². The van der Waals surface area contributed by atoms with Crippen molar-refractivity contribution in [2.24, 2.45) is 5.92 Å². The molecule has 4 atom stereocenters. The number of carbonyl (C=O) groups is 2. The molecule has 1 aromatic heterocycles. The second-order valence-corrected chi connectivity index (χ2v) is 18.8. The Morgan fingerprint density at radius 1 is 0.891 bits per heavy atom. The molecule has 0 bridgehead atoms. The van der Waals surface area contributed by atoms with Crippen LogP contribution in [0, 0.1) is 19.8 Å². The maximum Gasteiger partial charge on any atom is 0.328 e. The average Bonchev–Trinajstić information content (AvgIpc) is 3.46. The molecule has 1 saturated carbocycles. The minimum absolute atomic E-state index is 0.144. The number of fused-ring (bicyclic) bond motifs is 2. The summed E-state index contributed by atoms with van der Waals surface area (Å²) in [5, 5.41) is 4.20. The predicted molar refractivity (Wildman–Crippen MR) is 254 cm³/mol. The van der Waals surface area contributed by atoms with Gasteiger partial charge in [-0.05, 0) is 133 Å². The van der Waals surface area contributed by atoms with Gasteiger partial charge in [0.25, 0.3) is 0 Å². The molecule has 1 fully saturated rings. The van der Waals surface area contributed by atoms with Gasteiger partial charge < -0.3 is 19.5 Å². The van der Waals surface area contributed by atoms with Crippen LogP contribution in [0.15, 0.2) is 91.1 Å². The largest absolute Gasteiger partial charge is 0.486 e. The molecular formula is C53H60Cl2N4O5. The fourth-order valence-corrected chi connectivity index (χ4v) is 10.1. The number of esters is 1. The molecule has 2 aliphatic heterocycles. The van der Waals surface area contributed by atoms with Gasteiger partial charge in [-0.25, -0.2) is 4.79 Å². The van der Waals surface area contributed by atoms with Crippen LogP contribution in [0.3, 0.4) is 0 Å². The van der Waals surface area contributed by atoms with Crippen molar-refractivity contribution in [1.82, 2.24) is 20.1 Å². The van der Waals surface area contributed by atoms with Gasteiger partial charge in [0, 0.05) is 50.1 Å². The van der Waals surface area contributed by atoms with Gasteiger partial charge >= 0.3 is 5.97 Å². The minimum atomic E-state index is -0.825. The average molecular weight is 904 g/mol. The van der Waals surface area contributed by atoms with E-state index in [1.165, 1.54) is 31.9 Å². The number of pyridine rings is 1. The summed E-state index contributed by atoms with van der Waals surface area (Å²) in [5.41, 5.74) is 10.8. The molecule has 3 heterocycles. The summed E-state index contributed by atoms with van der Waals surface area (Å²) in [6.45, 7) is 9.06. The standard InChI is InChI=1S/C53H60Cl2N4O5/c1-6-49(39-18-21-45(54)46(55)26-39)63-43-19-16-38(17-20-43)51-32-58(4)30-42-25-40-27-48(59(29-36-10-8-7-9-11-36)31-41(40)28-50(42)64-51)52(60)57-47(53(61)62-5)24-35-12-14-37(15-13-35)44-22-23-56-34(3)33(44)2/h12-23,25-26,28,36,47-49,51H,6-11,24,27,29-32H2,1-5H3,(H,57,60)/t47-,48-,49+,51+/m0/s1. The molecule has 5 aromatic rings. The molecule has 0 saturated heterocycles. The first-order valence-corrected chi connectivity index (χ1v) is 23.6. The zero-order chi connectivity index (χ0) is 44.9. The lowest BCUT2D eigenvalue weighted by molar-refractivity contribution is -0.146. The van der Waals surface area contributed by atoms with Gasteiger partial charge in [-0.1, -0.05) is 97.9 Å². The lowest BCUT2D eigenvalue weighted by atomic mass is 9.86. The minimum Gasteiger partial charge on any atom is -0.486 e. The monoisotopic (exact) mass is 902 g/mol. The first-order valence-electron chi connectivity index (χ1n) is 22.8. The van der Waals surface area contributed by atoms with E-state index < -0.39 is 18.1 Å². The summed E-state index contributed by atoms with van der Waals surface area (Å²) in [6, 6.07) is 27.3. The van der Waals surface area contributed by atoms with Crippen LogP contribution in [0.1, 0.15) is 102 Å². The Labute approximate surface area is 388 Å². The van der Waals surface area contributed by atoms with Crippen LogP contribution in [-0.2, 0) is 40.3 Å². The number of aryl methyl sites for hydroxylation is 1. The lowest BCUT2D eigenvalue weighted by Crippen LogP contribution is -2.55. The van der Waals surface area contributed by atoms with Crippen molar-refractivity contribution in [3.8, 4) is 22.6 Å². The summed E-state index contributed by atoms with van der Waals surface area (Å²) in [6.07, 6.45) is 9.15. The van der Waals surface area contributed by atoms with Crippen molar-refractivity contribution >= 4 is 35.1 Å². The molecule has 8 rings (SSSR count). The van der Waals surface area contributed by atoms with Crippen LogP contribution in [0.25, 0.3) is 11.1 Å². The Kier molecular flexibility index (Phi) is 14.6. The number of rotatable bonds is 13. The highest BCUT2D eigenvalue weighted by molar-refractivity contribution is 6.42. The van der Waals surface area contributed by atoms with Gasteiger partial charge in [0.05, 0.1) is 23.2 Å². The van der Waals surface area contributed by atoms with E-state index in [1.54, 1.807) is 0 Å². The van der Waals surface area contributed by atoms with Gasteiger partial charge in [-0.3, -0.25) is 19.6 Å². The van der Waals surface area contributed by atoms with Crippen LogP contribution >= 0.6 is 23.2 Å². The number of amides is 1. The van der Waals surface area contributed by atoms with Crippen molar-refractivity contribution in [3.05, 3.63) is 146 Å². The fraction of sp³-hybridized carbons (Fsp3) is 0.415. The highest BCUT2D eigenvalue weighted by Gasteiger charge is 2.37. The zero-order valence-electron chi connectivity index (χ0n) is 37.7.